The predicted octanol–water partition coefficient (Wildman–Crippen LogP) is 2.98. The number of benzene rings is 2. The number of nitrogens with zero attached hydrogens (tertiary/aromatic N) is 2. The second-order valence-electron chi connectivity index (χ2n) is 8.94. The first-order valence-electron chi connectivity index (χ1n) is 11.7. The summed E-state index contributed by atoms with van der Waals surface area (Å²) in [5, 5.41) is 13.5. The van der Waals surface area contributed by atoms with Crippen molar-refractivity contribution in [3.05, 3.63) is 71.4 Å². The Morgan fingerprint density at radius 1 is 1.09 bits per heavy atom. The molecule has 0 bridgehead atoms. The van der Waals surface area contributed by atoms with Crippen LogP contribution in [0.25, 0.3) is 5.70 Å². The highest BCUT2D eigenvalue weighted by Gasteiger charge is 2.28. The van der Waals surface area contributed by atoms with E-state index in [1.165, 1.54) is 5.01 Å². The summed E-state index contributed by atoms with van der Waals surface area (Å²) in [6.45, 7) is 0.642. The van der Waals surface area contributed by atoms with Crippen molar-refractivity contribution in [2.24, 2.45) is 17.5 Å². The number of aliphatic carboxylic acids is 1. The zero-order valence-electron chi connectivity index (χ0n) is 20.3. The minimum Gasteiger partial charge on any atom is -0.490 e. The summed E-state index contributed by atoms with van der Waals surface area (Å²) in [5.41, 5.74) is 9.18. The van der Waals surface area contributed by atoms with E-state index in [0.717, 1.165) is 24.0 Å². The van der Waals surface area contributed by atoms with Crippen molar-refractivity contribution in [1.82, 2.24) is 15.2 Å². The van der Waals surface area contributed by atoms with Crippen LogP contribution in [-0.4, -0.2) is 53.8 Å². The maximum Gasteiger partial charge on any atom is 0.317 e. The van der Waals surface area contributed by atoms with Crippen LogP contribution in [0.2, 0.25) is 0 Å². The van der Waals surface area contributed by atoms with Crippen molar-refractivity contribution in [2.75, 3.05) is 20.6 Å². The van der Waals surface area contributed by atoms with Gasteiger partial charge in [-0.2, -0.15) is 0 Å². The Kier molecular flexibility index (Phi) is 8.97. The second-order valence-corrected chi connectivity index (χ2v) is 8.94. The Balaban J connectivity index is 1.61. The van der Waals surface area contributed by atoms with E-state index in [1.54, 1.807) is 19.0 Å². The van der Waals surface area contributed by atoms with Crippen LogP contribution in [0, 0.1) is 5.92 Å². The molecule has 0 spiro atoms. The number of nitrogens with one attached hydrogen (secondary N) is 1. The molecule has 188 valence electrons. The van der Waals surface area contributed by atoms with Crippen molar-refractivity contribution in [2.45, 2.75) is 38.3 Å². The van der Waals surface area contributed by atoms with Gasteiger partial charge < -0.3 is 30.8 Å². The number of likely N-dealkylation sites (N-methyl/N-ethyl adjacent to an activating group) is 1. The van der Waals surface area contributed by atoms with Crippen molar-refractivity contribution < 1.29 is 19.4 Å². The molecule has 6 N–H and O–H groups in total. The van der Waals surface area contributed by atoms with Gasteiger partial charge in [-0.15, -0.1) is 0 Å². The third-order valence-corrected chi connectivity index (χ3v) is 6.20. The number of nitrogens with two attached hydrogens (primary N) is 2. The molecule has 0 heterocycles. The minimum atomic E-state index is -0.761. The first-order chi connectivity index (χ1) is 16.7. The standard InChI is InChI=1S/C26H35N5O4/c1-30(17-18-7-4-3-5-8-18)26(34)29-16-23(31(2)28)24(27)19-11-13-21(14-12-19)35-22-10-6-9-20(15-22)25(32)33/h3-5,7-8,11-14,20,22H,6,9-10,15-17,27-28H2,1-2H3,(H,29,34)(H,32,33)/b24-23-/t20-,22?/m0/s1. The number of hydrazine groups is 1. The molecule has 0 radical (unpaired) electrons. The average molecular weight is 482 g/mol. The Morgan fingerprint density at radius 2 is 1.77 bits per heavy atom. The third-order valence-electron chi connectivity index (χ3n) is 6.20. The predicted molar refractivity (Wildman–Crippen MR) is 135 cm³/mol. The number of carboxylic acids is 1. The van der Waals surface area contributed by atoms with Gasteiger partial charge in [0, 0.05) is 20.6 Å². The van der Waals surface area contributed by atoms with Gasteiger partial charge >= 0.3 is 12.0 Å². The van der Waals surface area contributed by atoms with Gasteiger partial charge in [0.1, 0.15) is 5.75 Å². The van der Waals surface area contributed by atoms with Gasteiger partial charge in [-0.05, 0) is 61.1 Å². The summed E-state index contributed by atoms with van der Waals surface area (Å²) in [7, 11) is 3.40. The van der Waals surface area contributed by atoms with Gasteiger partial charge in [-0.1, -0.05) is 30.3 Å². The minimum absolute atomic E-state index is 0.114. The Bertz CT molecular complexity index is 1020. The summed E-state index contributed by atoms with van der Waals surface area (Å²) in [6, 6.07) is 16.8. The third kappa shape index (κ3) is 7.38. The number of hydrogen-bond donors (Lipinski definition) is 4. The summed E-state index contributed by atoms with van der Waals surface area (Å²) in [5.74, 6) is 5.56. The van der Waals surface area contributed by atoms with Crippen molar-refractivity contribution in [1.29, 1.82) is 0 Å². The van der Waals surface area contributed by atoms with Gasteiger partial charge in [0.25, 0.3) is 0 Å². The monoisotopic (exact) mass is 481 g/mol. The van der Waals surface area contributed by atoms with Crippen molar-refractivity contribution in [3.63, 3.8) is 0 Å². The lowest BCUT2D eigenvalue weighted by Gasteiger charge is -2.27. The highest BCUT2D eigenvalue weighted by atomic mass is 16.5. The van der Waals surface area contributed by atoms with E-state index in [2.05, 4.69) is 5.32 Å². The van der Waals surface area contributed by atoms with E-state index in [4.69, 9.17) is 16.3 Å². The molecule has 1 fully saturated rings. The first kappa shape index (κ1) is 25.9. The Labute approximate surface area is 206 Å². The zero-order chi connectivity index (χ0) is 25.4. The van der Waals surface area contributed by atoms with Crippen LogP contribution in [0.5, 0.6) is 5.75 Å². The molecule has 9 heteroatoms. The molecule has 2 aromatic rings. The molecule has 0 saturated heterocycles. The van der Waals surface area contributed by atoms with Crippen LogP contribution >= 0.6 is 0 Å². The molecule has 0 aromatic heterocycles. The number of ether oxygens (including phenoxy) is 1. The SMILES string of the molecule is CN(Cc1ccccc1)C(=O)NC/C(=C(/N)c1ccc(OC2CCC[C@H](C(=O)O)C2)cc1)N(C)N. The van der Waals surface area contributed by atoms with E-state index in [1.807, 2.05) is 54.6 Å². The van der Waals surface area contributed by atoms with Crippen LogP contribution in [0.15, 0.2) is 60.3 Å². The average Bonchev–Trinajstić information content (AvgIpc) is 2.85. The van der Waals surface area contributed by atoms with E-state index in [9.17, 15) is 14.7 Å². The zero-order valence-corrected chi connectivity index (χ0v) is 20.3. The summed E-state index contributed by atoms with van der Waals surface area (Å²) >= 11 is 0. The molecular weight excluding hydrogens is 446 g/mol. The normalized spacial score (nSPS) is 18.3. The lowest BCUT2D eigenvalue weighted by molar-refractivity contribution is -0.143. The molecule has 1 unspecified atom stereocenters. The molecule has 9 nitrogen and oxygen atoms in total. The first-order valence-corrected chi connectivity index (χ1v) is 11.7. The quantitative estimate of drug-likeness (QED) is 0.319. The van der Waals surface area contributed by atoms with Crippen LogP contribution in [0.4, 0.5) is 4.79 Å². The number of carbonyl (C=O) groups excluding carboxylic acids is 1. The maximum atomic E-state index is 12.6. The van der Waals surface area contributed by atoms with Gasteiger partial charge in [-0.3, -0.25) is 4.79 Å². The van der Waals surface area contributed by atoms with Gasteiger partial charge in [0.2, 0.25) is 0 Å². The molecule has 1 saturated carbocycles. The fourth-order valence-electron chi connectivity index (χ4n) is 4.18. The summed E-state index contributed by atoms with van der Waals surface area (Å²) in [6.07, 6.45) is 2.78. The molecule has 1 aliphatic carbocycles. The van der Waals surface area contributed by atoms with Gasteiger partial charge in [0.05, 0.1) is 30.0 Å². The molecule has 2 amide bonds. The molecule has 2 aromatic carbocycles. The van der Waals surface area contributed by atoms with E-state index in [-0.39, 0.29) is 24.6 Å². The highest BCUT2D eigenvalue weighted by Crippen LogP contribution is 2.28. The maximum absolute atomic E-state index is 12.6. The van der Waals surface area contributed by atoms with Crippen LogP contribution in [0.1, 0.15) is 36.8 Å². The second kappa shape index (κ2) is 12.1. The van der Waals surface area contributed by atoms with Crippen molar-refractivity contribution >= 4 is 17.7 Å². The number of urea groups is 1. The van der Waals surface area contributed by atoms with E-state index < -0.39 is 5.97 Å². The van der Waals surface area contributed by atoms with Crippen molar-refractivity contribution in [3.8, 4) is 5.75 Å². The number of amides is 2. The fourth-order valence-corrected chi connectivity index (χ4v) is 4.18. The summed E-state index contributed by atoms with van der Waals surface area (Å²) in [4.78, 5) is 25.4. The van der Waals surface area contributed by atoms with Crippen LogP contribution in [-0.2, 0) is 11.3 Å². The molecule has 2 atom stereocenters. The largest absolute Gasteiger partial charge is 0.490 e. The van der Waals surface area contributed by atoms with E-state index >= 15 is 0 Å². The molecule has 35 heavy (non-hydrogen) atoms. The topological polar surface area (TPSA) is 134 Å². The highest BCUT2D eigenvalue weighted by molar-refractivity contribution is 5.75. The number of carboxylic acid groups (broad SMARTS) is 1. The fraction of sp³-hybridized carbons (Fsp3) is 0.385. The number of rotatable bonds is 9. The molecule has 3 rings (SSSR count). The molecule has 0 aliphatic heterocycles. The van der Waals surface area contributed by atoms with Gasteiger partial charge in [0.15, 0.2) is 0 Å². The van der Waals surface area contributed by atoms with Crippen LogP contribution < -0.4 is 21.6 Å². The Hall–Kier alpha value is -3.72. The molecular formula is C26H35N5O4. The number of carbonyl (C=O) groups is 2. The van der Waals surface area contributed by atoms with E-state index in [0.29, 0.717) is 36.5 Å². The van der Waals surface area contributed by atoms with Gasteiger partial charge in [-0.25, -0.2) is 10.6 Å². The Morgan fingerprint density at radius 3 is 2.40 bits per heavy atom. The lowest BCUT2D eigenvalue weighted by Crippen LogP contribution is -2.41. The van der Waals surface area contributed by atoms with Crippen LogP contribution in [0.3, 0.4) is 0 Å². The number of hydrogen-bond acceptors (Lipinski definition) is 6. The summed E-state index contributed by atoms with van der Waals surface area (Å²) < 4.78 is 6.01. The smallest absolute Gasteiger partial charge is 0.317 e. The molecule has 1 aliphatic rings. The lowest BCUT2D eigenvalue weighted by atomic mass is 9.87.